The number of hydrogen-bond donors (Lipinski definition) is 1. The van der Waals surface area contributed by atoms with Crippen molar-refractivity contribution in [3.8, 4) is 5.75 Å². The van der Waals surface area contributed by atoms with Crippen molar-refractivity contribution < 1.29 is 9.84 Å². The molecule has 0 saturated carbocycles. The summed E-state index contributed by atoms with van der Waals surface area (Å²) in [5.41, 5.74) is 2.75. The Bertz CT molecular complexity index is 446. The second-order valence-electron chi connectivity index (χ2n) is 5.79. The van der Waals surface area contributed by atoms with Gasteiger partial charge < -0.3 is 9.84 Å². The Balaban J connectivity index is 1.83. The minimum atomic E-state index is 0.385. The van der Waals surface area contributed by atoms with Gasteiger partial charge in [0.05, 0.1) is 6.10 Å². The Hall–Kier alpha value is -1.06. The van der Waals surface area contributed by atoms with Crippen LogP contribution in [0.15, 0.2) is 18.2 Å². The van der Waals surface area contributed by atoms with Gasteiger partial charge in [0, 0.05) is 19.7 Å². The lowest BCUT2D eigenvalue weighted by molar-refractivity contribution is 0.0109. The van der Waals surface area contributed by atoms with Gasteiger partial charge in [-0.2, -0.15) is 0 Å². The normalized spacial score (nSPS) is 28.1. The van der Waals surface area contributed by atoms with E-state index in [9.17, 15) is 5.11 Å². The second-order valence-corrected chi connectivity index (χ2v) is 5.79. The van der Waals surface area contributed by atoms with E-state index in [-0.39, 0.29) is 0 Å². The number of hydrogen-bond acceptors (Lipinski definition) is 3. The maximum Gasteiger partial charge on any atom is 0.115 e. The first-order valence-electron chi connectivity index (χ1n) is 7.36. The van der Waals surface area contributed by atoms with Crippen LogP contribution in [-0.4, -0.2) is 36.3 Å². The van der Waals surface area contributed by atoms with E-state index in [2.05, 4.69) is 11.0 Å². The third-order valence-corrected chi connectivity index (χ3v) is 4.59. The molecular weight excluding hydrogens is 238 g/mol. The van der Waals surface area contributed by atoms with E-state index in [4.69, 9.17) is 4.74 Å². The van der Waals surface area contributed by atoms with Crippen molar-refractivity contribution in [1.29, 1.82) is 0 Å². The molecule has 1 aliphatic carbocycles. The molecule has 2 unspecified atom stereocenters. The number of aryl methyl sites for hydroxylation is 1. The minimum absolute atomic E-state index is 0.385. The number of aromatic hydroxyl groups is 1. The number of fused-ring (bicyclic) bond motifs is 1. The highest BCUT2D eigenvalue weighted by atomic mass is 16.5. The number of phenolic OH excluding ortho intramolecular Hbond substituents is 1. The summed E-state index contributed by atoms with van der Waals surface area (Å²) in [6.07, 6.45) is 6.34. The van der Waals surface area contributed by atoms with E-state index < -0.39 is 0 Å². The van der Waals surface area contributed by atoms with Crippen molar-refractivity contribution in [2.45, 2.75) is 44.2 Å². The number of methoxy groups -OCH3 is 1. The molecule has 1 aromatic carbocycles. The average Bonchev–Trinajstić information content (AvgIpc) is 2.46. The zero-order chi connectivity index (χ0) is 13.2. The first kappa shape index (κ1) is 12.9. The predicted molar refractivity (Wildman–Crippen MR) is 75.4 cm³/mol. The molecule has 2 aliphatic rings. The monoisotopic (exact) mass is 261 g/mol. The fourth-order valence-electron chi connectivity index (χ4n) is 3.60. The Morgan fingerprint density at radius 1 is 1.26 bits per heavy atom. The van der Waals surface area contributed by atoms with Crippen molar-refractivity contribution in [3.63, 3.8) is 0 Å². The lowest BCUT2D eigenvalue weighted by Gasteiger charge is -2.40. The Labute approximate surface area is 115 Å². The van der Waals surface area contributed by atoms with E-state index in [1.54, 1.807) is 0 Å². The molecule has 1 saturated heterocycles. The standard InChI is InChI=1S/C16H23NO2/c1-19-14-5-3-9-17(11-14)16-6-2-4-12-10-13(18)7-8-15(12)16/h7-8,10,14,16,18H,2-6,9,11H2,1H3. The third kappa shape index (κ3) is 2.63. The van der Waals surface area contributed by atoms with Gasteiger partial charge in [-0.1, -0.05) is 6.07 Å². The number of nitrogens with zero attached hydrogens (tertiary/aromatic N) is 1. The van der Waals surface area contributed by atoms with Gasteiger partial charge in [-0.25, -0.2) is 0 Å². The lowest BCUT2D eigenvalue weighted by Crippen LogP contribution is -2.42. The van der Waals surface area contributed by atoms with Crippen LogP contribution in [0, 0.1) is 0 Å². The van der Waals surface area contributed by atoms with Crippen LogP contribution in [0.3, 0.4) is 0 Å². The van der Waals surface area contributed by atoms with E-state index in [1.807, 2.05) is 19.2 Å². The molecule has 0 aromatic heterocycles. The highest BCUT2D eigenvalue weighted by Crippen LogP contribution is 2.37. The van der Waals surface area contributed by atoms with E-state index in [0.717, 1.165) is 13.0 Å². The number of likely N-dealkylation sites (tertiary alicyclic amines) is 1. The SMILES string of the molecule is COC1CCCN(C2CCCc3cc(O)ccc32)C1. The topological polar surface area (TPSA) is 32.7 Å². The van der Waals surface area contributed by atoms with Crippen LogP contribution in [0.2, 0.25) is 0 Å². The van der Waals surface area contributed by atoms with Gasteiger partial charge in [0.1, 0.15) is 5.75 Å². The van der Waals surface area contributed by atoms with E-state index in [1.165, 1.54) is 43.4 Å². The molecule has 1 heterocycles. The molecule has 1 aromatic rings. The van der Waals surface area contributed by atoms with Gasteiger partial charge in [0.15, 0.2) is 0 Å². The highest BCUT2D eigenvalue weighted by Gasteiger charge is 2.29. The van der Waals surface area contributed by atoms with Crippen molar-refractivity contribution in [1.82, 2.24) is 4.90 Å². The van der Waals surface area contributed by atoms with Gasteiger partial charge in [-0.3, -0.25) is 4.90 Å². The van der Waals surface area contributed by atoms with E-state index in [0.29, 0.717) is 17.9 Å². The number of ether oxygens (including phenoxy) is 1. The molecule has 0 bridgehead atoms. The smallest absolute Gasteiger partial charge is 0.115 e. The van der Waals surface area contributed by atoms with Crippen LogP contribution in [0.1, 0.15) is 42.9 Å². The number of benzene rings is 1. The summed E-state index contributed by atoms with van der Waals surface area (Å²) in [7, 11) is 1.82. The molecular formula is C16H23NO2. The van der Waals surface area contributed by atoms with Crippen LogP contribution >= 0.6 is 0 Å². The second kappa shape index (κ2) is 5.51. The molecule has 1 fully saturated rings. The maximum atomic E-state index is 9.63. The Morgan fingerprint density at radius 2 is 2.16 bits per heavy atom. The maximum absolute atomic E-state index is 9.63. The minimum Gasteiger partial charge on any atom is -0.508 e. The first-order chi connectivity index (χ1) is 9.28. The van der Waals surface area contributed by atoms with Crippen LogP contribution in [-0.2, 0) is 11.2 Å². The van der Waals surface area contributed by atoms with Crippen LogP contribution in [0.25, 0.3) is 0 Å². The van der Waals surface area contributed by atoms with Gasteiger partial charge in [-0.15, -0.1) is 0 Å². The summed E-state index contributed by atoms with van der Waals surface area (Å²) in [6, 6.07) is 6.40. The first-order valence-corrected chi connectivity index (χ1v) is 7.36. The summed E-state index contributed by atoms with van der Waals surface area (Å²) >= 11 is 0. The Morgan fingerprint density at radius 3 is 3.00 bits per heavy atom. The number of rotatable bonds is 2. The molecule has 3 rings (SSSR count). The largest absolute Gasteiger partial charge is 0.508 e. The summed E-state index contributed by atoms with van der Waals surface area (Å²) in [5, 5.41) is 9.63. The fourth-order valence-corrected chi connectivity index (χ4v) is 3.60. The van der Waals surface area contributed by atoms with Crippen LogP contribution < -0.4 is 0 Å². The molecule has 0 spiro atoms. The van der Waals surface area contributed by atoms with Crippen molar-refractivity contribution in [2.24, 2.45) is 0 Å². The Kier molecular flexibility index (Phi) is 3.76. The average molecular weight is 261 g/mol. The van der Waals surface area contributed by atoms with Gasteiger partial charge >= 0.3 is 0 Å². The lowest BCUT2D eigenvalue weighted by atomic mass is 9.85. The molecule has 104 valence electrons. The summed E-state index contributed by atoms with van der Waals surface area (Å²) < 4.78 is 5.54. The molecule has 0 radical (unpaired) electrons. The van der Waals surface area contributed by atoms with Gasteiger partial charge in [-0.05, 0) is 61.9 Å². The van der Waals surface area contributed by atoms with Gasteiger partial charge in [0.25, 0.3) is 0 Å². The van der Waals surface area contributed by atoms with Crippen LogP contribution in [0.4, 0.5) is 0 Å². The molecule has 3 nitrogen and oxygen atoms in total. The summed E-state index contributed by atoms with van der Waals surface area (Å²) in [5.74, 6) is 0.396. The molecule has 0 amide bonds. The molecule has 19 heavy (non-hydrogen) atoms. The van der Waals surface area contributed by atoms with Crippen molar-refractivity contribution in [2.75, 3.05) is 20.2 Å². The van der Waals surface area contributed by atoms with Gasteiger partial charge in [0.2, 0.25) is 0 Å². The van der Waals surface area contributed by atoms with Crippen molar-refractivity contribution >= 4 is 0 Å². The zero-order valence-corrected chi connectivity index (χ0v) is 11.6. The van der Waals surface area contributed by atoms with E-state index >= 15 is 0 Å². The third-order valence-electron chi connectivity index (χ3n) is 4.59. The zero-order valence-electron chi connectivity index (χ0n) is 11.6. The molecule has 1 N–H and O–H groups in total. The fraction of sp³-hybridized carbons (Fsp3) is 0.625. The van der Waals surface area contributed by atoms with Crippen LogP contribution in [0.5, 0.6) is 5.75 Å². The van der Waals surface area contributed by atoms with Crippen molar-refractivity contribution in [3.05, 3.63) is 29.3 Å². The highest BCUT2D eigenvalue weighted by molar-refractivity contribution is 5.38. The molecule has 2 atom stereocenters. The quantitative estimate of drug-likeness (QED) is 0.888. The number of phenols is 1. The summed E-state index contributed by atoms with van der Waals surface area (Å²) in [6.45, 7) is 2.21. The molecule has 3 heteroatoms. The molecule has 1 aliphatic heterocycles. The summed E-state index contributed by atoms with van der Waals surface area (Å²) in [4.78, 5) is 2.58. The predicted octanol–water partition coefficient (Wildman–Crippen LogP) is 2.88. The number of piperidine rings is 1.